The van der Waals surface area contributed by atoms with E-state index in [1.807, 2.05) is 6.92 Å². The minimum Gasteiger partial charge on any atom is -0.378 e. The van der Waals surface area contributed by atoms with Gasteiger partial charge in [0.05, 0.1) is 25.6 Å². The summed E-state index contributed by atoms with van der Waals surface area (Å²) in [5, 5.41) is 6.35. The van der Waals surface area contributed by atoms with Crippen LogP contribution in [0.4, 0.5) is 0 Å². The number of nitrogens with two attached hydrogens (primary N) is 1. The summed E-state index contributed by atoms with van der Waals surface area (Å²) in [5.41, 5.74) is 6.81. The highest BCUT2D eigenvalue weighted by Crippen LogP contribution is 2.12. The van der Waals surface area contributed by atoms with E-state index in [-0.39, 0.29) is 11.9 Å². The molecule has 5 N–H and O–H groups in total. The Morgan fingerprint density at radius 3 is 2.12 bits per heavy atom. The molecule has 0 saturated carbocycles. The molecule has 1 rings (SSSR count). The van der Waals surface area contributed by atoms with Crippen LogP contribution in [0.5, 0.6) is 0 Å². The summed E-state index contributed by atoms with van der Waals surface area (Å²) >= 11 is 0. The van der Waals surface area contributed by atoms with Gasteiger partial charge in [0.25, 0.3) is 0 Å². The number of rotatable bonds is 24. The minimum atomic E-state index is -0.588. The monoisotopic (exact) mass is 479 g/mol. The Balaban J connectivity index is 1.79. The number of imidazole rings is 1. The molecule has 2 unspecified atom stereocenters. The number of carbonyl (C=O) groups excluding carboxylic acids is 1. The first-order valence-corrected chi connectivity index (χ1v) is 13.9. The molecule has 0 aliphatic carbocycles. The zero-order valence-corrected chi connectivity index (χ0v) is 22.1. The molecule has 1 amide bonds. The van der Waals surface area contributed by atoms with Gasteiger partial charge in [-0.1, -0.05) is 90.4 Å². The molecule has 0 radical (unpaired) electrons. The quantitative estimate of drug-likeness (QED) is 0.158. The van der Waals surface area contributed by atoms with E-state index >= 15 is 0 Å². The molecule has 0 saturated heterocycles. The maximum absolute atomic E-state index is 12.1. The van der Waals surface area contributed by atoms with E-state index in [0.717, 1.165) is 18.8 Å². The summed E-state index contributed by atoms with van der Waals surface area (Å²) in [6.07, 6.45) is 23.2. The number of aromatic amines is 1. The van der Waals surface area contributed by atoms with Crippen molar-refractivity contribution in [2.24, 2.45) is 5.73 Å². The fourth-order valence-electron chi connectivity index (χ4n) is 4.09. The molecule has 34 heavy (non-hydrogen) atoms. The van der Waals surface area contributed by atoms with Crippen molar-refractivity contribution in [3.8, 4) is 0 Å². The Morgan fingerprint density at radius 1 is 0.971 bits per heavy atom. The summed E-state index contributed by atoms with van der Waals surface area (Å²) in [4.78, 5) is 19.0. The Hall–Kier alpha value is -1.44. The highest BCUT2D eigenvalue weighted by Gasteiger charge is 2.16. The first-order valence-electron chi connectivity index (χ1n) is 13.9. The van der Waals surface area contributed by atoms with Gasteiger partial charge < -0.3 is 26.1 Å². The van der Waals surface area contributed by atoms with E-state index in [2.05, 4.69) is 27.5 Å². The second-order valence-electron chi connectivity index (χ2n) is 9.72. The molecule has 2 atom stereocenters. The van der Waals surface area contributed by atoms with Crippen LogP contribution in [-0.4, -0.2) is 54.3 Å². The van der Waals surface area contributed by atoms with E-state index in [1.165, 1.54) is 89.9 Å². The standard InChI is InChI=1S/C27H53N5O2/c1-3-4-5-6-7-8-9-10-11-12-13-14-15-16-17-29-18-19-34-22-24(2)32-27(33)26(28)20-25-21-30-23-31-25/h21,23-24,26,29H,3-20,22,28H2,1-2H3,(H,30,31)(H,32,33). The number of unbranched alkanes of at least 4 members (excludes halogenated alkanes) is 13. The Morgan fingerprint density at radius 2 is 1.56 bits per heavy atom. The molecular weight excluding hydrogens is 426 g/mol. The number of hydrogen-bond donors (Lipinski definition) is 4. The Bertz CT molecular complexity index is 567. The van der Waals surface area contributed by atoms with Gasteiger partial charge in [0.15, 0.2) is 0 Å². The highest BCUT2D eigenvalue weighted by molar-refractivity contribution is 5.82. The molecule has 198 valence electrons. The van der Waals surface area contributed by atoms with Crippen molar-refractivity contribution in [2.45, 2.75) is 122 Å². The molecule has 1 aromatic heterocycles. The predicted octanol–water partition coefficient (Wildman–Crippen LogP) is 4.87. The SMILES string of the molecule is CCCCCCCCCCCCCCCCNCCOCC(C)NC(=O)C(N)Cc1cnc[nH]1. The smallest absolute Gasteiger partial charge is 0.237 e. The van der Waals surface area contributed by atoms with E-state index in [1.54, 1.807) is 12.5 Å². The van der Waals surface area contributed by atoms with Crippen molar-refractivity contribution in [3.63, 3.8) is 0 Å². The van der Waals surface area contributed by atoms with Crippen LogP contribution in [0, 0.1) is 0 Å². The predicted molar refractivity (Wildman–Crippen MR) is 142 cm³/mol. The summed E-state index contributed by atoms with van der Waals surface area (Å²) < 4.78 is 5.67. The second kappa shape index (κ2) is 22.1. The van der Waals surface area contributed by atoms with Gasteiger partial charge in [-0.05, 0) is 19.9 Å². The second-order valence-corrected chi connectivity index (χ2v) is 9.72. The van der Waals surface area contributed by atoms with Crippen LogP contribution in [0.25, 0.3) is 0 Å². The van der Waals surface area contributed by atoms with Crippen LogP contribution in [-0.2, 0) is 16.0 Å². The fraction of sp³-hybridized carbons (Fsp3) is 0.852. The highest BCUT2D eigenvalue weighted by atomic mass is 16.5. The number of hydrogen-bond acceptors (Lipinski definition) is 5. The van der Waals surface area contributed by atoms with E-state index in [9.17, 15) is 4.79 Å². The lowest BCUT2D eigenvalue weighted by Gasteiger charge is -2.17. The summed E-state index contributed by atoms with van der Waals surface area (Å²) in [5.74, 6) is -0.165. The van der Waals surface area contributed by atoms with E-state index < -0.39 is 6.04 Å². The summed E-state index contributed by atoms with van der Waals surface area (Å²) in [6.45, 7) is 7.25. The third-order valence-corrected chi connectivity index (χ3v) is 6.22. The normalized spacial score (nSPS) is 13.1. The number of nitrogens with one attached hydrogen (secondary N) is 3. The van der Waals surface area contributed by atoms with Crippen molar-refractivity contribution in [1.82, 2.24) is 20.6 Å². The number of H-pyrrole nitrogens is 1. The number of aromatic nitrogens is 2. The van der Waals surface area contributed by atoms with Gasteiger partial charge in [-0.15, -0.1) is 0 Å². The molecule has 7 nitrogen and oxygen atoms in total. The zero-order valence-electron chi connectivity index (χ0n) is 22.1. The average molecular weight is 480 g/mol. The molecular formula is C27H53N5O2. The van der Waals surface area contributed by atoms with Crippen LogP contribution in [0.2, 0.25) is 0 Å². The van der Waals surface area contributed by atoms with E-state index in [0.29, 0.717) is 19.6 Å². The van der Waals surface area contributed by atoms with Gasteiger partial charge in [-0.3, -0.25) is 4.79 Å². The van der Waals surface area contributed by atoms with Crippen LogP contribution >= 0.6 is 0 Å². The van der Waals surface area contributed by atoms with Crippen molar-refractivity contribution in [1.29, 1.82) is 0 Å². The maximum atomic E-state index is 12.1. The average Bonchev–Trinajstić information content (AvgIpc) is 3.33. The molecule has 1 aromatic rings. The molecule has 0 aliphatic rings. The molecule has 0 aromatic carbocycles. The van der Waals surface area contributed by atoms with Gasteiger partial charge in [0.1, 0.15) is 0 Å². The van der Waals surface area contributed by atoms with Crippen LogP contribution in [0.15, 0.2) is 12.5 Å². The van der Waals surface area contributed by atoms with Crippen LogP contribution in [0.1, 0.15) is 109 Å². The van der Waals surface area contributed by atoms with Crippen molar-refractivity contribution in [3.05, 3.63) is 18.2 Å². The molecule has 0 fully saturated rings. The van der Waals surface area contributed by atoms with Crippen LogP contribution in [0.3, 0.4) is 0 Å². The van der Waals surface area contributed by atoms with Crippen molar-refractivity contribution >= 4 is 5.91 Å². The van der Waals surface area contributed by atoms with E-state index in [4.69, 9.17) is 10.5 Å². The number of carbonyl (C=O) groups is 1. The lowest BCUT2D eigenvalue weighted by Crippen LogP contribution is -2.47. The first-order chi connectivity index (χ1) is 16.6. The third-order valence-electron chi connectivity index (χ3n) is 6.22. The van der Waals surface area contributed by atoms with Gasteiger partial charge >= 0.3 is 0 Å². The summed E-state index contributed by atoms with van der Waals surface area (Å²) in [6, 6.07) is -0.652. The fourth-order valence-corrected chi connectivity index (χ4v) is 4.09. The topological polar surface area (TPSA) is 105 Å². The molecule has 0 spiro atoms. The third kappa shape index (κ3) is 18.0. The van der Waals surface area contributed by atoms with Gasteiger partial charge in [0, 0.05) is 30.9 Å². The Labute approximate surface area is 208 Å². The van der Waals surface area contributed by atoms with Crippen molar-refractivity contribution < 1.29 is 9.53 Å². The lowest BCUT2D eigenvalue weighted by molar-refractivity contribution is -0.123. The minimum absolute atomic E-state index is 0.0638. The molecule has 0 bridgehead atoms. The first kappa shape index (κ1) is 30.6. The van der Waals surface area contributed by atoms with Gasteiger partial charge in [0.2, 0.25) is 5.91 Å². The van der Waals surface area contributed by atoms with Gasteiger partial charge in [-0.2, -0.15) is 0 Å². The maximum Gasteiger partial charge on any atom is 0.237 e. The van der Waals surface area contributed by atoms with Crippen LogP contribution < -0.4 is 16.4 Å². The summed E-state index contributed by atoms with van der Waals surface area (Å²) in [7, 11) is 0. The lowest BCUT2D eigenvalue weighted by atomic mass is 10.0. The van der Waals surface area contributed by atoms with Crippen molar-refractivity contribution in [2.75, 3.05) is 26.3 Å². The largest absolute Gasteiger partial charge is 0.378 e. The molecule has 0 aliphatic heterocycles. The molecule has 7 heteroatoms. The number of nitrogens with zero attached hydrogens (tertiary/aromatic N) is 1. The number of amides is 1. The zero-order chi connectivity index (χ0) is 24.7. The Kier molecular flexibility index (Phi) is 19.8. The number of ether oxygens (including phenoxy) is 1. The van der Waals surface area contributed by atoms with Gasteiger partial charge in [-0.25, -0.2) is 4.98 Å². The molecule has 1 heterocycles.